The van der Waals surface area contributed by atoms with Gasteiger partial charge in [-0.15, -0.1) is 0 Å². The van der Waals surface area contributed by atoms with E-state index in [0.717, 1.165) is 22.0 Å². The quantitative estimate of drug-likeness (QED) is 0.758. The fourth-order valence-corrected chi connectivity index (χ4v) is 4.29. The van der Waals surface area contributed by atoms with E-state index in [1.165, 1.54) is 10.6 Å². The summed E-state index contributed by atoms with van der Waals surface area (Å²) in [5.41, 5.74) is -0.0328. The third-order valence-electron chi connectivity index (χ3n) is 4.10. The van der Waals surface area contributed by atoms with Crippen molar-refractivity contribution >= 4 is 32.6 Å². The minimum absolute atomic E-state index is 0.197. The van der Waals surface area contributed by atoms with Gasteiger partial charge in [0.25, 0.3) is 0 Å². The second-order valence-corrected chi connectivity index (χ2v) is 9.34. The zero-order valence-corrected chi connectivity index (χ0v) is 15.4. The highest BCUT2D eigenvalue weighted by Crippen LogP contribution is 2.33. The van der Waals surface area contributed by atoms with Crippen molar-refractivity contribution in [1.29, 1.82) is 0 Å². The third-order valence-corrected chi connectivity index (χ3v) is 6.09. The third kappa shape index (κ3) is 4.64. The van der Waals surface area contributed by atoms with E-state index in [1.54, 1.807) is 0 Å². The average molecular weight is 423 g/mol. The van der Waals surface area contributed by atoms with Crippen LogP contribution >= 0.6 is 22.6 Å². The molecule has 0 amide bonds. The monoisotopic (exact) mass is 423 g/mol. The molecule has 2 unspecified atom stereocenters. The first-order valence-electron chi connectivity index (χ1n) is 7.12. The first-order chi connectivity index (χ1) is 9.68. The SMILES string of the molecule is CC(O)(CC1CCCN(S(C)(=O)=O)C1)c1ccc(I)cc1. The second-order valence-electron chi connectivity index (χ2n) is 6.11. The van der Waals surface area contributed by atoms with Gasteiger partial charge in [-0.1, -0.05) is 12.1 Å². The lowest BCUT2D eigenvalue weighted by Crippen LogP contribution is -2.41. The maximum absolute atomic E-state index is 11.7. The van der Waals surface area contributed by atoms with Crippen LogP contribution in [0.2, 0.25) is 0 Å². The van der Waals surface area contributed by atoms with Gasteiger partial charge in [-0.2, -0.15) is 0 Å². The summed E-state index contributed by atoms with van der Waals surface area (Å²) >= 11 is 2.24. The van der Waals surface area contributed by atoms with E-state index in [0.29, 0.717) is 19.5 Å². The molecule has 1 fully saturated rings. The summed E-state index contributed by atoms with van der Waals surface area (Å²) in [7, 11) is -3.13. The summed E-state index contributed by atoms with van der Waals surface area (Å²) < 4.78 is 26.0. The Bertz CT molecular complexity index is 583. The van der Waals surface area contributed by atoms with Gasteiger partial charge >= 0.3 is 0 Å². The predicted molar refractivity (Wildman–Crippen MR) is 92.5 cm³/mol. The molecule has 1 heterocycles. The minimum atomic E-state index is -3.13. The van der Waals surface area contributed by atoms with E-state index < -0.39 is 15.6 Å². The molecule has 0 bridgehead atoms. The van der Waals surface area contributed by atoms with Gasteiger partial charge in [0, 0.05) is 16.7 Å². The second kappa shape index (κ2) is 6.52. The Balaban J connectivity index is 2.07. The number of piperidine rings is 1. The number of aliphatic hydroxyl groups is 1. The van der Waals surface area contributed by atoms with Crippen LogP contribution in [0.25, 0.3) is 0 Å². The van der Waals surface area contributed by atoms with Crippen LogP contribution in [0.4, 0.5) is 0 Å². The fourth-order valence-electron chi connectivity index (χ4n) is 2.98. The molecule has 0 saturated carbocycles. The van der Waals surface area contributed by atoms with E-state index in [-0.39, 0.29) is 5.92 Å². The Morgan fingerprint density at radius 3 is 2.57 bits per heavy atom. The molecule has 1 N–H and O–H groups in total. The molecule has 2 rings (SSSR count). The van der Waals surface area contributed by atoms with Crippen molar-refractivity contribution in [3.8, 4) is 0 Å². The van der Waals surface area contributed by atoms with Crippen molar-refractivity contribution in [2.75, 3.05) is 19.3 Å². The van der Waals surface area contributed by atoms with Crippen LogP contribution in [-0.4, -0.2) is 37.2 Å². The maximum atomic E-state index is 11.7. The smallest absolute Gasteiger partial charge is 0.211 e. The van der Waals surface area contributed by atoms with Crippen LogP contribution in [0.15, 0.2) is 24.3 Å². The predicted octanol–water partition coefficient (Wildman–Crippen LogP) is 2.56. The molecular formula is C15H22INO3S. The van der Waals surface area contributed by atoms with Gasteiger partial charge in [0.2, 0.25) is 10.0 Å². The van der Waals surface area contributed by atoms with Crippen molar-refractivity contribution in [2.24, 2.45) is 5.92 Å². The number of benzene rings is 1. The molecular weight excluding hydrogens is 401 g/mol. The first-order valence-corrected chi connectivity index (χ1v) is 10.0. The van der Waals surface area contributed by atoms with Gasteiger partial charge in [-0.05, 0) is 72.4 Å². The molecule has 0 aliphatic carbocycles. The van der Waals surface area contributed by atoms with Crippen LogP contribution < -0.4 is 0 Å². The van der Waals surface area contributed by atoms with E-state index in [4.69, 9.17) is 0 Å². The van der Waals surface area contributed by atoms with E-state index in [1.807, 2.05) is 31.2 Å². The van der Waals surface area contributed by atoms with Crippen molar-refractivity contribution in [1.82, 2.24) is 4.31 Å². The van der Waals surface area contributed by atoms with Crippen LogP contribution in [0.1, 0.15) is 31.7 Å². The molecule has 4 nitrogen and oxygen atoms in total. The van der Waals surface area contributed by atoms with E-state index in [2.05, 4.69) is 22.6 Å². The van der Waals surface area contributed by atoms with E-state index in [9.17, 15) is 13.5 Å². The minimum Gasteiger partial charge on any atom is -0.385 e. The lowest BCUT2D eigenvalue weighted by atomic mass is 9.83. The summed E-state index contributed by atoms with van der Waals surface area (Å²) in [5.74, 6) is 0.197. The van der Waals surface area contributed by atoms with Gasteiger partial charge < -0.3 is 5.11 Å². The highest BCUT2D eigenvalue weighted by molar-refractivity contribution is 14.1. The number of halogens is 1. The van der Waals surface area contributed by atoms with Gasteiger partial charge in [0.15, 0.2) is 0 Å². The molecule has 0 aromatic heterocycles. The normalized spacial score (nSPS) is 23.7. The molecule has 0 radical (unpaired) electrons. The summed E-state index contributed by atoms with van der Waals surface area (Å²) in [4.78, 5) is 0. The van der Waals surface area contributed by atoms with Crippen LogP contribution in [0.5, 0.6) is 0 Å². The Labute approximate surface area is 140 Å². The zero-order chi connectivity index (χ0) is 15.7. The molecule has 0 spiro atoms. The average Bonchev–Trinajstić information content (AvgIpc) is 2.38. The Morgan fingerprint density at radius 1 is 1.38 bits per heavy atom. The summed E-state index contributed by atoms with van der Waals surface area (Å²) in [5, 5.41) is 10.7. The maximum Gasteiger partial charge on any atom is 0.211 e. The van der Waals surface area contributed by atoms with Crippen molar-refractivity contribution in [2.45, 2.75) is 31.8 Å². The topological polar surface area (TPSA) is 57.6 Å². The number of hydrogen-bond acceptors (Lipinski definition) is 3. The molecule has 21 heavy (non-hydrogen) atoms. The van der Waals surface area contributed by atoms with Crippen molar-refractivity contribution < 1.29 is 13.5 Å². The molecule has 1 aliphatic rings. The van der Waals surface area contributed by atoms with Gasteiger partial charge in [-0.25, -0.2) is 12.7 Å². The van der Waals surface area contributed by atoms with Crippen molar-refractivity contribution in [3.63, 3.8) is 0 Å². The largest absolute Gasteiger partial charge is 0.385 e. The molecule has 1 aromatic rings. The number of rotatable bonds is 4. The lowest BCUT2D eigenvalue weighted by molar-refractivity contribution is 0.0211. The van der Waals surface area contributed by atoms with Gasteiger partial charge in [-0.3, -0.25) is 0 Å². The zero-order valence-electron chi connectivity index (χ0n) is 12.4. The first kappa shape index (κ1) is 17.2. The van der Waals surface area contributed by atoms with Crippen LogP contribution in [0, 0.1) is 9.49 Å². The molecule has 2 atom stereocenters. The summed E-state index contributed by atoms with van der Waals surface area (Å²) in [6, 6.07) is 7.85. The Morgan fingerprint density at radius 2 is 2.00 bits per heavy atom. The molecule has 1 aromatic carbocycles. The molecule has 118 valence electrons. The number of nitrogens with zero attached hydrogens (tertiary/aromatic N) is 1. The molecule has 1 saturated heterocycles. The number of hydrogen-bond donors (Lipinski definition) is 1. The summed E-state index contributed by atoms with van der Waals surface area (Å²) in [6.07, 6.45) is 3.67. The highest BCUT2D eigenvalue weighted by Gasteiger charge is 2.32. The standard InChI is InChI=1S/C15H22INO3S/c1-15(18,13-5-7-14(16)8-6-13)10-12-4-3-9-17(11-12)21(2,19)20/h5-8,12,18H,3-4,9-11H2,1-2H3. The fraction of sp³-hybridized carbons (Fsp3) is 0.600. The highest BCUT2D eigenvalue weighted by atomic mass is 127. The van der Waals surface area contributed by atoms with Gasteiger partial charge in [0.05, 0.1) is 11.9 Å². The van der Waals surface area contributed by atoms with Crippen LogP contribution in [0.3, 0.4) is 0 Å². The lowest BCUT2D eigenvalue weighted by Gasteiger charge is -2.35. The number of sulfonamides is 1. The Hall–Kier alpha value is -0.180. The molecule has 1 aliphatic heterocycles. The summed E-state index contributed by atoms with van der Waals surface area (Å²) in [6.45, 7) is 2.93. The van der Waals surface area contributed by atoms with Crippen LogP contribution in [-0.2, 0) is 15.6 Å². The van der Waals surface area contributed by atoms with E-state index >= 15 is 0 Å². The van der Waals surface area contributed by atoms with Crippen molar-refractivity contribution in [3.05, 3.63) is 33.4 Å². The van der Waals surface area contributed by atoms with Gasteiger partial charge in [0.1, 0.15) is 0 Å². The molecule has 6 heteroatoms. The Kier molecular flexibility index (Phi) is 5.33.